The molecule has 0 aromatic heterocycles. The summed E-state index contributed by atoms with van der Waals surface area (Å²) in [5.74, 6) is -4.16. The highest BCUT2D eigenvalue weighted by atomic mass is 16.6. The van der Waals surface area contributed by atoms with Crippen LogP contribution in [-0.2, 0) is 38.1 Å². The van der Waals surface area contributed by atoms with Gasteiger partial charge in [-0.1, -0.05) is 27.7 Å². The van der Waals surface area contributed by atoms with Crippen LogP contribution < -0.4 is 10.6 Å². The Hall–Kier alpha value is -2.12. The number of likely N-dealkylation sites (N-methyl/N-ethyl adjacent to an activating group) is 1. The van der Waals surface area contributed by atoms with E-state index < -0.39 is 71.5 Å². The van der Waals surface area contributed by atoms with E-state index in [1.165, 1.54) is 14.0 Å². The third kappa shape index (κ3) is 6.99. The first-order valence-electron chi connectivity index (χ1n) is 15.2. The molecule has 1 amide bonds. The maximum absolute atomic E-state index is 13.9. The molecule has 240 valence electrons. The molecular weight excluding hydrogens is 548 g/mol. The summed E-state index contributed by atoms with van der Waals surface area (Å²) in [5.41, 5.74) is -2.43. The molecule has 3 heterocycles. The number of esters is 1. The van der Waals surface area contributed by atoms with E-state index in [2.05, 4.69) is 5.32 Å². The fourth-order valence-corrected chi connectivity index (χ4v) is 7.08. The number of ketones is 2. The topological polar surface area (TPSA) is 163 Å². The fourth-order valence-electron chi connectivity index (χ4n) is 7.08. The molecule has 3 fully saturated rings. The Kier molecular flexibility index (Phi) is 11.2. The van der Waals surface area contributed by atoms with Gasteiger partial charge in [0.2, 0.25) is 0 Å². The molecule has 0 aliphatic carbocycles. The molecule has 3 aliphatic heterocycles. The number of aliphatic hydroxyl groups is 1. The largest absolute Gasteiger partial charge is 0.458 e. The number of carbonyl (C=O) groups is 4. The van der Waals surface area contributed by atoms with E-state index in [0.717, 1.165) is 0 Å². The van der Waals surface area contributed by atoms with Crippen molar-refractivity contribution in [3.05, 3.63) is 0 Å². The molecule has 3 aliphatic rings. The molecule has 3 saturated heterocycles. The van der Waals surface area contributed by atoms with Crippen molar-refractivity contribution in [3.63, 3.8) is 0 Å². The number of hydrogen-bond donors (Lipinski definition) is 3. The average Bonchev–Trinajstić information content (AvgIpc) is 3.26. The van der Waals surface area contributed by atoms with Crippen LogP contribution in [0.5, 0.6) is 0 Å². The molecule has 0 aromatic carbocycles. The van der Waals surface area contributed by atoms with Crippen molar-refractivity contribution < 1.29 is 53.3 Å². The second-order valence-electron chi connectivity index (χ2n) is 12.8. The van der Waals surface area contributed by atoms with Crippen LogP contribution in [0, 0.1) is 23.7 Å². The zero-order valence-electron chi connectivity index (χ0n) is 26.5. The predicted octanol–water partition coefficient (Wildman–Crippen LogP) is 1.11. The van der Waals surface area contributed by atoms with Gasteiger partial charge >= 0.3 is 12.1 Å². The van der Waals surface area contributed by atoms with Crippen molar-refractivity contribution in [1.29, 1.82) is 0 Å². The van der Waals surface area contributed by atoms with Crippen LogP contribution in [0.25, 0.3) is 0 Å². The highest BCUT2D eigenvalue weighted by molar-refractivity contribution is 5.99. The van der Waals surface area contributed by atoms with Crippen LogP contribution in [0.1, 0.15) is 74.1 Å². The molecule has 0 aromatic rings. The van der Waals surface area contributed by atoms with Gasteiger partial charge in [0.15, 0.2) is 18.0 Å². The summed E-state index contributed by atoms with van der Waals surface area (Å²) in [5, 5.41) is 15.4. The van der Waals surface area contributed by atoms with Gasteiger partial charge in [-0.25, -0.2) is 4.79 Å². The molecule has 12 nitrogen and oxygen atoms in total. The smallest absolute Gasteiger partial charge is 0.408 e. The first kappa shape index (κ1) is 34.4. The molecular formula is C30H51N2O10+. The zero-order valence-corrected chi connectivity index (χ0v) is 26.5. The molecule has 4 N–H and O–H groups in total. The summed E-state index contributed by atoms with van der Waals surface area (Å²) in [4.78, 5) is 53.2. The zero-order chi connectivity index (χ0) is 31.6. The maximum atomic E-state index is 13.9. The Morgan fingerprint density at radius 1 is 1.05 bits per heavy atom. The van der Waals surface area contributed by atoms with Crippen molar-refractivity contribution in [2.75, 3.05) is 20.8 Å². The molecule has 3 rings (SSSR count). The number of fused-ring (bicyclic) bond motifs is 1. The minimum absolute atomic E-state index is 0.0192. The molecule has 0 radical (unpaired) electrons. The van der Waals surface area contributed by atoms with Gasteiger partial charge < -0.3 is 39.4 Å². The molecule has 12 heteroatoms. The van der Waals surface area contributed by atoms with Crippen molar-refractivity contribution in [1.82, 2.24) is 5.32 Å². The lowest BCUT2D eigenvalue weighted by Gasteiger charge is -2.42. The number of cyclic esters (lactones) is 1. The molecule has 0 saturated carbocycles. The Morgan fingerprint density at radius 2 is 1.67 bits per heavy atom. The lowest BCUT2D eigenvalue weighted by atomic mass is 9.74. The lowest BCUT2D eigenvalue weighted by molar-refractivity contribution is -0.681. The number of nitrogens with one attached hydrogen (secondary N) is 1. The lowest BCUT2D eigenvalue weighted by Crippen LogP contribution is -2.91. The first-order valence-corrected chi connectivity index (χ1v) is 15.2. The second-order valence-corrected chi connectivity index (χ2v) is 12.8. The van der Waals surface area contributed by atoms with E-state index in [0.29, 0.717) is 12.8 Å². The average molecular weight is 600 g/mol. The van der Waals surface area contributed by atoms with E-state index in [1.54, 1.807) is 34.6 Å². The van der Waals surface area contributed by atoms with Crippen LogP contribution in [-0.4, -0.2) is 97.4 Å². The van der Waals surface area contributed by atoms with Crippen molar-refractivity contribution in [3.8, 4) is 0 Å². The Labute approximate surface area is 248 Å². The number of rotatable bonds is 6. The Balaban J connectivity index is 1.99. The van der Waals surface area contributed by atoms with E-state index >= 15 is 0 Å². The third-order valence-corrected chi connectivity index (χ3v) is 9.61. The highest BCUT2D eigenvalue weighted by Crippen LogP contribution is 2.38. The van der Waals surface area contributed by atoms with Crippen molar-refractivity contribution >= 4 is 23.6 Å². The van der Waals surface area contributed by atoms with Gasteiger partial charge in [0.25, 0.3) is 0 Å². The van der Waals surface area contributed by atoms with Crippen LogP contribution in [0.15, 0.2) is 0 Å². The summed E-state index contributed by atoms with van der Waals surface area (Å²) in [6, 6.07) is -0.838. The number of alkyl carbamates (subject to hydrolysis) is 1. The summed E-state index contributed by atoms with van der Waals surface area (Å²) >= 11 is 0. The third-order valence-electron chi connectivity index (χ3n) is 9.61. The molecule has 12 atom stereocenters. The minimum atomic E-state index is -1.32. The number of aliphatic hydroxyl groups excluding tert-OH is 1. The van der Waals surface area contributed by atoms with Gasteiger partial charge in [-0.05, 0) is 40.0 Å². The van der Waals surface area contributed by atoms with Gasteiger partial charge in [0, 0.05) is 31.3 Å². The predicted molar refractivity (Wildman–Crippen MR) is 150 cm³/mol. The standard InChI is InChI=1S/C30H50N2O10/c1-10-21-29(7)25(32-28(37)42-29)18(5)22(33)15(2)12-30(38-9,13-16(3)23(34)19(6)26(35)41-21)14-39-24-20(31-8)11-17(4)40-27(24)36/h15-21,24-25,27,31,36H,10-14H2,1-9H3,(H,32,37)/p+1/t15-,16-,17-,18+,19-,20+,21-,24-,25-,27-,29-,30-/m1/s1. The van der Waals surface area contributed by atoms with Crippen LogP contribution in [0.3, 0.4) is 0 Å². The van der Waals surface area contributed by atoms with E-state index in [9.17, 15) is 24.3 Å². The SMILES string of the molecule is CC[C@H]1OC(=O)[C@H](C)C(=O)[C@H](C)C[C@](CO[C@@H]2[C@@H]([NH2+]C)C[C@@H](C)O[C@H]2O)(OC)C[C@@H](C)C(=O)[C@H](C)[C@H]2NC(=O)O[C@@]21C. The van der Waals surface area contributed by atoms with Crippen molar-refractivity contribution in [2.24, 2.45) is 23.7 Å². The van der Waals surface area contributed by atoms with Gasteiger partial charge in [0.1, 0.15) is 29.6 Å². The normalized spacial score (nSPS) is 44.0. The summed E-state index contributed by atoms with van der Waals surface area (Å²) in [6.07, 6.45) is -2.14. The number of ether oxygens (including phenoxy) is 5. The maximum Gasteiger partial charge on any atom is 0.408 e. The molecule has 0 bridgehead atoms. The number of Topliss-reactive ketones (excluding diaryl/α,β-unsaturated/α-hetero) is 2. The first-order chi connectivity index (χ1) is 19.6. The Bertz CT molecular complexity index is 1010. The van der Waals surface area contributed by atoms with Crippen molar-refractivity contribution in [2.45, 2.75) is 122 Å². The van der Waals surface area contributed by atoms with Gasteiger partial charge in [-0.2, -0.15) is 0 Å². The van der Waals surface area contributed by atoms with E-state index in [4.69, 9.17) is 23.7 Å². The molecule has 0 spiro atoms. The quantitative estimate of drug-likeness (QED) is 0.298. The number of methoxy groups -OCH3 is 1. The number of hydrogen-bond acceptors (Lipinski definition) is 10. The minimum Gasteiger partial charge on any atom is -0.458 e. The fraction of sp³-hybridized carbons (Fsp3) is 0.867. The number of amides is 1. The van der Waals surface area contributed by atoms with E-state index in [1.807, 2.05) is 19.3 Å². The molecule has 42 heavy (non-hydrogen) atoms. The van der Waals surface area contributed by atoms with Crippen LogP contribution in [0.2, 0.25) is 0 Å². The summed E-state index contributed by atoms with van der Waals surface area (Å²) in [6.45, 7) is 12.1. The van der Waals surface area contributed by atoms with Gasteiger partial charge in [-0.15, -0.1) is 0 Å². The number of nitrogens with two attached hydrogens (primary N) is 1. The number of carbonyl (C=O) groups excluding carboxylic acids is 4. The van der Waals surface area contributed by atoms with Gasteiger partial charge in [-0.3, -0.25) is 14.4 Å². The monoisotopic (exact) mass is 599 g/mol. The molecule has 0 unspecified atom stereocenters. The van der Waals surface area contributed by atoms with Crippen LogP contribution in [0.4, 0.5) is 4.79 Å². The summed E-state index contributed by atoms with van der Waals surface area (Å²) < 4.78 is 29.5. The number of quaternary nitrogens is 1. The van der Waals surface area contributed by atoms with Crippen LogP contribution >= 0.6 is 0 Å². The highest BCUT2D eigenvalue weighted by Gasteiger charge is 2.56. The second kappa shape index (κ2) is 13.7. The Morgan fingerprint density at radius 3 is 2.24 bits per heavy atom. The summed E-state index contributed by atoms with van der Waals surface area (Å²) in [7, 11) is 3.42. The van der Waals surface area contributed by atoms with Gasteiger partial charge in [0.05, 0.1) is 31.4 Å². The van der Waals surface area contributed by atoms with E-state index in [-0.39, 0.29) is 43.2 Å².